The molecule has 2 aromatic rings. The fourth-order valence-electron chi connectivity index (χ4n) is 1.48. The predicted octanol–water partition coefficient (Wildman–Crippen LogP) is 1.30. The maximum Gasteiger partial charge on any atom is 0.296 e. The molecule has 18 heavy (non-hydrogen) atoms. The van der Waals surface area contributed by atoms with Crippen molar-refractivity contribution >= 4 is 28.7 Å². The molecule has 96 valence electrons. The molecule has 0 spiro atoms. The molecule has 6 nitrogen and oxygen atoms in total. The molecular weight excluding hydrogens is 232 g/mol. The molecule has 1 heterocycles. The molecule has 0 bridgehead atoms. The van der Waals surface area contributed by atoms with E-state index >= 15 is 0 Å². The molecule has 6 heteroatoms. The van der Waals surface area contributed by atoms with Crippen LogP contribution in [0.25, 0.3) is 11.1 Å². The molecule has 3 N–H and O–H groups in total. The number of amides is 1. The van der Waals surface area contributed by atoms with E-state index in [-0.39, 0.29) is 12.5 Å². The average Bonchev–Trinajstić information content (AvgIpc) is 2.76. The minimum atomic E-state index is -0.0146. The maximum absolute atomic E-state index is 11.6. The zero-order valence-corrected chi connectivity index (χ0v) is 10.4. The van der Waals surface area contributed by atoms with E-state index in [0.717, 1.165) is 0 Å². The van der Waals surface area contributed by atoms with E-state index in [1.54, 1.807) is 30.1 Å². The van der Waals surface area contributed by atoms with Crippen LogP contribution in [0, 0.1) is 0 Å². The van der Waals surface area contributed by atoms with Crippen molar-refractivity contribution in [3.05, 3.63) is 18.2 Å². The number of nitrogen functional groups attached to an aromatic ring is 1. The van der Waals surface area contributed by atoms with Gasteiger partial charge in [0, 0.05) is 19.3 Å². The van der Waals surface area contributed by atoms with Crippen molar-refractivity contribution in [2.24, 2.45) is 0 Å². The van der Waals surface area contributed by atoms with Gasteiger partial charge < -0.3 is 20.4 Å². The highest BCUT2D eigenvalue weighted by Gasteiger charge is 2.09. The van der Waals surface area contributed by atoms with Crippen molar-refractivity contribution in [2.45, 2.75) is 6.92 Å². The van der Waals surface area contributed by atoms with Crippen molar-refractivity contribution in [3.63, 3.8) is 0 Å². The van der Waals surface area contributed by atoms with E-state index < -0.39 is 0 Å². The Labute approximate surface area is 105 Å². The van der Waals surface area contributed by atoms with Crippen LogP contribution in [0.2, 0.25) is 0 Å². The Morgan fingerprint density at radius 3 is 3.06 bits per heavy atom. The number of rotatable bonds is 4. The lowest BCUT2D eigenvalue weighted by atomic mass is 10.3. The van der Waals surface area contributed by atoms with E-state index in [1.165, 1.54) is 0 Å². The maximum atomic E-state index is 11.6. The fourth-order valence-corrected chi connectivity index (χ4v) is 1.48. The van der Waals surface area contributed by atoms with Crippen LogP contribution in [0.5, 0.6) is 0 Å². The lowest BCUT2D eigenvalue weighted by Crippen LogP contribution is -2.31. The first-order valence-corrected chi connectivity index (χ1v) is 5.74. The van der Waals surface area contributed by atoms with Gasteiger partial charge in [0.05, 0.1) is 6.54 Å². The first-order chi connectivity index (χ1) is 8.60. The number of carbonyl (C=O) groups excluding carboxylic acids is 1. The Morgan fingerprint density at radius 2 is 2.33 bits per heavy atom. The third-order valence-corrected chi connectivity index (χ3v) is 2.70. The molecule has 0 unspecified atom stereocenters. The minimum Gasteiger partial charge on any atom is -0.424 e. The normalized spacial score (nSPS) is 10.6. The summed E-state index contributed by atoms with van der Waals surface area (Å²) in [6.45, 7) is 2.75. The highest BCUT2D eigenvalue weighted by molar-refractivity contribution is 5.81. The first-order valence-electron chi connectivity index (χ1n) is 5.74. The zero-order chi connectivity index (χ0) is 13.1. The summed E-state index contributed by atoms with van der Waals surface area (Å²) >= 11 is 0. The molecule has 0 atom stereocenters. The van der Waals surface area contributed by atoms with E-state index in [9.17, 15) is 4.79 Å². The number of hydrogen-bond donors (Lipinski definition) is 2. The Hall–Kier alpha value is -2.24. The largest absolute Gasteiger partial charge is 0.424 e. The topological polar surface area (TPSA) is 84.4 Å². The van der Waals surface area contributed by atoms with Crippen molar-refractivity contribution in [2.75, 3.05) is 31.2 Å². The van der Waals surface area contributed by atoms with E-state index in [0.29, 0.717) is 29.3 Å². The van der Waals surface area contributed by atoms with Gasteiger partial charge >= 0.3 is 0 Å². The van der Waals surface area contributed by atoms with Gasteiger partial charge in [-0.15, -0.1) is 0 Å². The summed E-state index contributed by atoms with van der Waals surface area (Å²) in [4.78, 5) is 17.4. The van der Waals surface area contributed by atoms with Crippen LogP contribution in [0.4, 0.5) is 11.7 Å². The Balaban J connectivity index is 2.06. The van der Waals surface area contributed by atoms with E-state index in [4.69, 9.17) is 10.2 Å². The van der Waals surface area contributed by atoms with Crippen LogP contribution >= 0.6 is 0 Å². The predicted molar refractivity (Wildman–Crippen MR) is 70.2 cm³/mol. The molecule has 2 rings (SSSR count). The number of aromatic nitrogens is 1. The Bertz CT molecular complexity index is 564. The number of nitrogens with one attached hydrogen (secondary N) is 1. The molecule has 1 aromatic heterocycles. The van der Waals surface area contributed by atoms with Crippen molar-refractivity contribution < 1.29 is 9.21 Å². The molecule has 1 amide bonds. The van der Waals surface area contributed by atoms with Crippen LogP contribution < -0.4 is 11.1 Å². The van der Waals surface area contributed by atoms with Crippen LogP contribution in [0.1, 0.15) is 6.92 Å². The molecule has 1 aromatic carbocycles. The average molecular weight is 248 g/mol. The second-order valence-corrected chi connectivity index (χ2v) is 4.01. The molecule has 0 saturated heterocycles. The lowest BCUT2D eigenvalue weighted by molar-refractivity contribution is -0.127. The van der Waals surface area contributed by atoms with Gasteiger partial charge in [-0.3, -0.25) is 4.79 Å². The van der Waals surface area contributed by atoms with Crippen LogP contribution in [0.3, 0.4) is 0 Å². The summed E-state index contributed by atoms with van der Waals surface area (Å²) < 4.78 is 5.44. The number of carbonyl (C=O) groups is 1. The molecular formula is C12H16N4O2. The van der Waals surface area contributed by atoms with Crippen molar-refractivity contribution in [1.29, 1.82) is 0 Å². The quantitative estimate of drug-likeness (QED) is 0.797. The second kappa shape index (κ2) is 4.95. The number of fused-ring (bicyclic) bond motifs is 1. The van der Waals surface area contributed by atoms with Gasteiger partial charge in [0.15, 0.2) is 5.58 Å². The van der Waals surface area contributed by atoms with Gasteiger partial charge in [-0.2, -0.15) is 4.98 Å². The third-order valence-electron chi connectivity index (χ3n) is 2.70. The SMILES string of the molecule is CCN(C)C(=O)CNc1nc2cc(N)ccc2o1. The van der Waals surface area contributed by atoms with Crippen LogP contribution in [-0.4, -0.2) is 35.9 Å². The van der Waals surface area contributed by atoms with Crippen LogP contribution in [0.15, 0.2) is 22.6 Å². The van der Waals surface area contributed by atoms with Gasteiger partial charge in [-0.1, -0.05) is 0 Å². The van der Waals surface area contributed by atoms with Crippen molar-refractivity contribution in [3.8, 4) is 0 Å². The van der Waals surface area contributed by atoms with Gasteiger partial charge in [0.25, 0.3) is 6.01 Å². The number of likely N-dealkylation sites (N-methyl/N-ethyl adjacent to an activating group) is 1. The lowest BCUT2D eigenvalue weighted by Gasteiger charge is -2.13. The van der Waals surface area contributed by atoms with Gasteiger partial charge in [0.2, 0.25) is 5.91 Å². The number of oxazole rings is 1. The summed E-state index contributed by atoms with van der Waals surface area (Å²) in [5, 5.41) is 2.86. The van der Waals surface area contributed by atoms with Crippen LogP contribution in [-0.2, 0) is 4.79 Å². The summed E-state index contributed by atoms with van der Waals surface area (Å²) in [7, 11) is 1.75. The van der Waals surface area contributed by atoms with Gasteiger partial charge in [-0.25, -0.2) is 0 Å². The fraction of sp³-hybridized carbons (Fsp3) is 0.333. The summed E-state index contributed by atoms with van der Waals surface area (Å²) in [5.41, 5.74) is 7.60. The molecule has 0 aliphatic heterocycles. The minimum absolute atomic E-state index is 0.0146. The molecule has 0 radical (unpaired) electrons. The zero-order valence-electron chi connectivity index (χ0n) is 10.4. The van der Waals surface area contributed by atoms with E-state index in [1.807, 2.05) is 6.92 Å². The first kappa shape index (κ1) is 12.2. The number of nitrogens with zero attached hydrogens (tertiary/aromatic N) is 2. The van der Waals surface area contributed by atoms with Crippen molar-refractivity contribution in [1.82, 2.24) is 9.88 Å². The number of anilines is 2. The standard InChI is InChI=1S/C12H16N4O2/c1-3-16(2)11(17)7-14-12-15-9-6-8(13)4-5-10(9)18-12/h4-6H,3,7,13H2,1-2H3,(H,14,15). The molecule has 0 fully saturated rings. The van der Waals surface area contributed by atoms with E-state index in [2.05, 4.69) is 10.3 Å². The number of hydrogen-bond acceptors (Lipinski definition) is 5. The highest BCUT2D eigenvalue weighted by atomic mass is 16.4. The number of benzene rings is 1. The summed E-state index contributed by atoms with van der Waals surface area (Å²) in [6, 6.07) is 5.55. The second-order valence-electron chi connectivity index (χ2n) is 4.01. The smallest absolute Gasteiger partial charge is 0.296 e. The van der Waals surface area contributed by atoms with Gasteiger partial charge in [-0.05, 0) is 25.1 Å². The third kappa shape index (κ3) is 2.53. The summed E-state index contributed by atoms with van der Waals surface area (Å²) in [6.07, 6.45) is 0. The molecule has 0 saturated carbocycles. The molecule has 0 aliphatic carbocycles. The Morgan fingerprint density at radius 1 is 1.56 bits per heavy atom. The summed E-state index contributed by atoms with van der Waals surface area (Å²) in [5.74, 6) is -0.0146. The highest BCUT2D eigenvalue weighted by Crippen LogP contribution is 2.20. The number of nitrogens with two attached hydrogens (primary N) is 1. The monoisotopic (exact) mass is 248 g/mol. The Kier molecular flexibility index (Phi) is 3.36. The molecule has 0 aliphatic rings. The van der Waals surface area contributed by atoms with Gasteiger partial charge in [0.1, 0.15) is 5.52 Å².